The van der Waals surface area contributed by atoms with Crippen molar-refractivity contribution in [2.75, 3.05) is 11.9 Å². The molecular weight excluding hydrogens is 248 g/mol. The Kier molecular flexibility index (Phi) is 2.59. The van der Waals surface area contributed by atoms with E-state index in [1.807, 2.05) is 24.3 Å². The van der Waals surface area contributed by atoms with Crippen LogP contribution >= 0.6 is 0 Å². The number of aryl methyl sites for hydroxylation is 1. The molecule has 0 spiro atoms. The summed E-state index contributed by atoms with van der Waals surface area (Å²) in [6, 6.07) is 12.2. The number of hydrogen-bond acceptors (Lipinski definition) is 3. The molecule has 3 nitrogen and oxygen atoms in total. The second kappa shape index (κ2) is 4.44. The summed E-state index contributed by atoms with van der Waals surface area (Å²) in [5, 5.41) is 3.34. The van der Waals surface area contributed by atoms with Gasteiger partial charge in [-0.1, -0.05) is 24.3 Å². The van der Waals surface area contributed by atoms with Gasteiger partial charge in [0.1, 0.15) is 0 Å². The fraction of sp³-hybridized carbons (Fsp3) is 0.294. The second-order valence-electron chi connectivity index (χ2n) is 5.56. The van der Waals surface area contributed by atoms with Gasteiger partial charge in [-0.05, 0) is 36.1 Å². The number of anilines is 1. The number of hydrogen-bond donors (Lipinski definition) is 1. The second-order valence-corrected chi connectivity index (χ2v) is 5.56. The number of ketones is 1. The monoisotopic (exact) mass is 264 g/mol. The Morgan fingerprint density at radius 1 is 1.15 bits per heavy atom. The van der Waals surface area contributed by atoms with Gasteiger partial charge in [0.05, 0.1) is 17.5 Å². The number of aromatic nitrogens is 1. The Bertz CT molecular complexity index is 623. The number of rotatable bonds is 2. The molecule has 3 heteroatoms. The van der Waals surface area contributed by atoms with E-state index in [0.29, 0.717) is 5.78 Å². The van der Waals surface area contributed by atoms with Crippen LogP contribution in [-0.2, 0) is 11.2 Å². The maximum atomic E-state index is 12.9. The highest BCUT2D eigenvalue weighted by Gasteiger charge is 2.37. The molecule has 0 fully saturated rings. The van der Waals surface area contributed by atoms with Crippen molar-refractivity contribution >= 4 is 11.5 Å². The van der Waals surface area contributed by atoms with Gasteiger partial charge in [-0.2, -0.15) is 0 Å². The zero-order valence-electron chi connectivity index (χ0n) is 11.2. The third-order valence-electron chi connectivity index (χ3n) is 4.48. The van der Waals surface area contributed by atoms with Crippen LogP contribution in [0.4, 0.5) is 5.69 Å². The highest BCUT2D eigenvalue weighted by atomic mass is 16.1. The molecule has 1 aromatic heterocycles. The van der Waals surface area contributed by atoms with Gasteiger partial charge in [0.25, 0.3) is 0 Å². The third-order valence-corrected chi connectivity index (χ3v) is 4.48. The number of nitrogens with zero attached hydrogens (tertiary/aromatic N) is 1. The fourth-order valence-corrected chi connectivity index (χ4v) is 3.47. The normalized spacial score (nSPS) is 23.0. The molecule has 0 saturated carbocycles. The largest absolute Gasteiger partial charge is 0.384 e. The van der Waals surface area contributed by atoms with Gasteiger partial charge in [0, 0.05) is 18.4 Å². The van der Waals surface area contributed by atoms with Gasteiger partial charge in [-0.15, -0.1) is 0 Å². The van der Waals surface area contributed by atoms with Gasteiger partial charge in [-0.25, -0.2) is 0 Å². The predicted octanol–water partition coefficient (Wildman–Crippen LogP) is 2.89. The molecule has 2 atom stereocenters. The Hall–Kier alpha value is -2.16. The Morgan fingerprint density at radius 3 is 3.00 bits per heavy atom. The Morgan fingerprint density at radius 2 is 2.05 bits per heavy atom. The van der Waals surface area contributed by atoms with Crippen LogP contribution in [0.25, 0.3) is 0 Å². The van der Waals surface area contributed by atoms with Crippen LogP contribution in [-0.4, -0.2) is 17.3 Å². The molecule has 0 bridgehead atoms. The van der Waals surface area contributed by atoms with E-state index in [1.54, 1.807) is 6.20 Å². The lowest BCUT2D eigenvalue weighted by molar-refractivity contribution is -0.121. The lowest BCUT2D eigenvalue weighted by atomic mass is 9.87. The number of carbonyl (C=O) groups is 1. The molecule has 1 aliphatic heterocycles. The SMILES string of the molecule is O=C(C1CNc2ccccc21)C1CCc2cccnc21. The summed E-state index contributed by atoms with van der Waals surface area (Å²) in [5.41, 5.74) is 4.49. The average molecular weight is 264 g/mol. The van der Waals surface area contributed by atoms with Crippen molar-refractivity contribution in [3.63, 3.8) is 0 Å². The van der Waals surface area contributed by atoms with Crippen molar-refractivity contribution in [1.82, 2.24) is 4.98 Å². The van der Waals surface area contributed by atoms with E-state index in [9.17, 15) is 4.79 Å². The maximum Gasteiger partial charge on any atom is 0.151 e. The molecule has 1 aliphatic carbocycles. The van der Waals surface area contributed by atoms with Crippen molar-refractivity contribution in [2.24, 2.45) is 0 Å². The van der Waals surface area contributed by atoms with Crippen molar-refractivity contribution in [2.45, 2.75) is 24.7 Å². The molecular formula is C17H16N2O. The first kappa shape index (κ1) is 11.6. The predicted molar refractivity (Wildman–Crippen MR) is 78.0 cm³/mol. The molecule has 2 heterocycles. The zero-order chi connectivity index (χ0) is 13.5. The molecule has 20 heavy (non-hydrogen) atoms. The molecule has 2 aromatic rings. The van der Waals surface area contributed by atoms with Gasteiger partial charge >= 0.3 is 0 Å². The standard InChI is InChI=1S/C17H16N2O/c20-17(13-8-7-11-4-3-9-18-16(11)13)14-10-19-15-6-2-1-5-12(14)15/h1-6,9,13-14,19H,7-8,10H2. The molecule has 4 rings (SSSR count). The van der Waals surface area contributed by atoms with Crippen LogP contribution in [0.3, 0.4) is 0 Å². The quantitative estimate of drug-likeness (QED) is 0.907. The van der Waals surface area contributed by atoms with E-state index in [1.165, 1.54) is 5.56 Å². The van der Waals surface area contributed by atoms with Crippen LogP contribution in [0.5, 0.6) is 0 Å². The summed E-state index contributed by atoms with van der Waals surface area (Å²) >= 11 is 0. The van der Waals surface area contributed by atoms with Gasteiger partial charge < -0.3 is 5.32 Å². The zero-order valence-corrected chi connectivity index (χ0v) is 11.2. The molecule has 0 saturated heterocycles. The smallest absolute Gasteiger partial charge is 0.151 e. The van der Waals surface area contributed by atoms with Gasteiger partial charge in [0.2, 0.25) is 0 Å². The molecule has 100 valence electrons. The summed E-state index contributed by atoms with van der Waals surface area (Å²) in [6.07, 6.45) is 3.68. The van der Waals surface area contributed by atoms with E-state index in [4.69, 9.17) is 0 Å². The minimum atomic E-state index is -0.0239. The van der Waals surface area contributed by atoms with Crippen molar-refractivity contribution in [1.29, 1.82) is 0 Å². The Labute approximate surface area is 118 Å². The maximum absolute atomic E-state index is 12.9. The van der Waals surface area contributed by atoms with Gasteiger partial charge in [0.15, 0.2) is 5.78 Å². The summed E-state index contributed by atoms with van der Waals surface area (Å²) in [6.45, 7) is 0.719. The lowest BCUT2D eigenvalue weighted by Gasteiger charge is -2.15. The summed E-state index contributed by atoms with van der Waals surface area (Å²) in [7, 11) is 0. The van der Waals surface area contributed by atoms with Crippen molar-refractivity contribution < 1.29 is 4.79 Å². The first-order valence-corrected chi connectivity index (χ1v) is 7.15. The van der Waals surface area contributed by atoms with Crippen molar-refractivity contribution in [3.8, 4) is 0 Å². The van der Waals surface area contributed by atoms with Crippen LogP contribution < -0.4 is 5.32 Å². The van der Waals surface area contributed by atoms with E-state index < -0.39 is 0 Å². The summed E-state index contributed by atoms with van der Waals surface area (Å²) in [4.78, 5) is 17.3. The summed E-state index contributed by atoms with van der Waals surface area (Å²) in [5.74, 6) is 0.271. The highest BCUT2D eigenvalue weighted by Crippen LogP contribution is 2.39. The van der Waals surface area contributed by atoms with E-state index in [0.717, 1.165) is 36.3 Å². The number of para-hydroxylation sites is 1. The molecule has 1 aromatic carbocycles. The number of nitrogens with one attached hydrogen (secondary N) is 1. The van der Waals surface area contributed by atoms with E-state index in [2.05, 4.69) is 22.4 Å². The van der Waals surface area contributed by atoms with E-state index in [-0.39, 0.29) is 11.8 Å². The number of Topliss-reactive ketones (excluding diaryl/α,β-unsaturated/α-hetero) is 1. The number of fused-ring (bicyclic) bond motifs is 2. The molecule has 2 aliphatic rings. The van der Waals surface area contributed by atoms with Crippen molar-refractivity contribution in [3.05, 3.63) is 59.4 Å². The van der Waals surface area contributed by atoms with Crippen LogP contribution in [0.1, 0.15) is 35.1 Å². The van der Waals surface area contributed by atoms with Gasteiger partial charge in [-0.3, -0.25) is 9.78 Å². The minimum Gasteiger partial charge on any atom is -0.384 e. The lowest BCUT2D eigenvalue weighted by Crippen LogP contribution is -2.21. The minimum absolute atomic E-state index is 0.0239. The highest BCUT2D eigenvalue weighted by molar-refractivity contribution is 5.95. The summed E-state index contributed by atoms with van der Waals surface area (Å²) < 4.78 is 0. The van der Waals surface area contributed by atoms with Crippen LogP contribution in [0, 0.1) is 0 Å². The van der Waals surface area contributed by atoms with Crippen LogP contribution in [0.15, 0.2) is 42.6 Å². The Balaban J connectivity index is 1.67. The number of carbonyl (C=O) groups excluding carboxylic acids is 1. The molecule has 2 unspecified atom stereocenters. The number of benzene rings is 1. The first-order valence-electron chi connectivity index (χ1n) is 7.15. The molecule has 0 radical (unpaired) electrons. The third kappa shape index (κ3) is 1.66. The first-order chi connectivity index (χ1) is 9.84. The average Bonchev–Trinajstić information content (AvgIpc) is 3.11. The fourth-order valence-electron chi connectivity index (χ4n) is 3.47. The topological polar surface area (TPSA) is 42.0 Å². The molecule has 0 amide bonds. The van der Waals surface area contributed by atoms with E-state index >= 15 is 0 Å². The van der Waals surface area contributed by atoms with Crippen LogP contribution in [0.2, 0.25) is 0 Å². The molecule has 1 N–H and O–H groups in total. The number of pyridine rings is 1.